The number of carbonyl (C=O) groups is 1. The van der Waals surface area contributed by atoms with Crippen molar-refractivity contribution in [3.63, 3.8) is 0 Å². The third kappa shape index (κ3) is 3.06. The third-order valence-corrected chi connectivity index (χ3v) is 3.85. The summed E-state index contributed by atoms with van der Waals surface area (Å²) in [4.78, 5) is 11.7. The predicted octanol–water partition coefficient (Wildman–Crippen LogP) is 3.56. The Labute approximate surface area is 135 Å². The van der Waals surface area contributed by atoms with Crippen molar-refractivity contribution in [2.45, 2.75) is 12.5 Å². The standard InChI is InChI=1S/C19H18O4/c1-21-16-9-6-10-17-15(16)11-14(13-7-4-3-5-8-13)18(23-17)12-19(20)22-2/h3-11,18H,12H2,1-2H3. The molecule has 0 bridgehead atoms. The molecule has 0 saturated carbocycles. The van der Waals surface area contributed by atoms with Crippen LogP contribution in [-0.2, 0) is 9.53 Å². The number of methoxy groups -OCH3 is 2. The van der Waals surface area contributed by atoms with Gasteiger partial charge in [0.25, 0.3) is 0 Å². The lowest BCUT2D eigenvalue weighted by molar-refractivity contribution is -0.141. The number of hydrogen-bond acceptors (Lipinski definition) is 4. The van der Waals surface area contributed by atoms with Crippen molar-refractivity contribution in [2.24, 2.45) is 0 Å². The molecule has 1 aliphatic rings. The monoisotopic (exact) mass is 310 g/mol. The van der Waals surface area contributed by atoms with E-state index >= 15 is 0 Å². The van der Waals surface area contributed by atoms with Gasteiger partial charge in [-0.2, -0.15) is 0 Å². The van der Waals surface area contributed by atoms with E-state index in [1.54, 1.807) is 7.11 Å². The second kappa shape index (κ2) is 6.57. The smallest absolute Gasteiger partial charge is 0.309 e. The summed E-state index contributed by atoms with van der Waals surface area (Å²) in [6.07, 6.45) is 1.80. The maximum absolute atomic E-state index is 11.7. The first-order chi connectivity index (χ1) is 11.2. The minimum Gasteiger partial charge on any atom is -0.496 e. The Hall–Kier alpha value is -2.75. The van der Waals surface area contributed by atoms with E-state index in [9.17, 15) is 4.79 Å². The lowest BCUT2D eigenvalue weighted by Gasteiger charge is -2.27. The van der Waals surface area contributed by atoms with Gasteiger partial charge in [0.15, 0.2) is 0 Å². The topological polar surface area (TPSA) is 44.8 Å². The van der Waals surface area contributed by atoms with Crippen molar-refractivity contribution in [1.82, 2.24) is 0 Å². The number of fused-ring (bicyclic) bond motifs is 1. The van der Waals surface area contributed by atoms with Crippen molar-refractivity contribution in [1.29, 1.82) is 0 Å². The summed E-state index contributed by atoms with van der Waals surface area (Å²) in [7, 11) is 3.01. The highest BCUT2D eigenvalue weighted by molar-refractivity contribution is 5.90. The van der Waals surface area contributed by atoms with Crippen LogP contribution >= 0.6 is 0 Å². The fraction of sp³-hybridized carbons (Fsp3) is 0.211. The Morgan fingerprint density at radius 3 is 2.57 bits per heavy atom. The van der Waals surface area contributed by atoms with Gasteiger partial charge >= 0.3 is 5.97 Å². The van der Waals surface area contributed by atoms with Crippen LogP contribution < -0.4 is 9.47 Å². The van der Waals surface area contributed by atoms with Crippen molar-refractivity contribution in [3.8, 4) is 11.5 Å². The molecule has 1 heterocycles. The van der Waals surface area contributed by atoms with Gasteiger partial charge in [-0.3, -0.25) is 4.79 Å². The van der Waals surface area contributed by atoms with Gasteiger partial charge in [0.2, 0.25) is 0 Å². The summed E-state index contributed by atoms with van der Waals surface area (Å²) >= 11 is 0. The average Bonchev–Trinajstić information content (AvgIpc) is 2.61. The number of esters is 1. The van der Waals surface area contributed by atoms with E-state index in [-0.39, 0.29) is 18.5 Å². The molecule has 2 aromatic carbocycles. The molecule has 4 heteroatoms. The maximum atomic E-state index is 11.7. The van der Waals surface area contributed by atoms with Crippen LogP contribution in [0.1, 0.15) is 17.5 Å². The maximum Gasteiger partial charge on any atom is 0.309 e. The molecule has 0 radical (unpaired) electrons. The SMILES string of the molecule is COC(=O)CC1Oc2cccc(OC)c2C=C1c1ccccc1. The van der Waals surface area contributed by atoms with E-state index in [1.165, 1.54) is 7.11 Å². The lowest BCUT2D eigenvalue weighted by Crippen LogP contribution is -2.25. The molecule has 1 atom stereocenters. The van der Waals surface area contributed by atoms with Crippen LogP contribution in [0.15, 0.2) is 48.5 Å². The van der Waals surface area contributed by atoms with E-state index < -0.39 is 0 Å². The summed E-state index contributed by atoms with van der Waals surface area (Å²) in [6, 6.07) is 15.5. The van der Waals surface area contributed by atoms with E-state index in [0.29, 0.717) is 5.75 Å². The minimum absolute atomic E-state index is 0.161. The Kier molecular flexibility index (Phi) is 4.33. The highest BCUT2D eigenvalue weighted by atomic mass is 16.5. The third-order valence-electron chi connectivity index (χ3n) is 3.85. The molecule has 0 spiro atoms. The average molecular weight is 310 g/mol. The molecule has 1 aliphatic heterocycles. The van der Waals surface area contributed by atoms with Gasteiger partial charge in [0.05, 0.1) is 26.2 Å². The fourth-order valence-electron chi connectivity index (χ4n) is 2.70. The van der Waals surface area contributed by atoms with Crippen molar-refractivity contribution < 1.29 is 19.0 Å². The van der Waals surface area contributed by atoms with Crippen LogP contribution in [0.25, 0.3) is 11.6 Å². The highest BCUT2D eigenvalue weighted by Crippen LogP contribution is 2.40. The largest absolute Gasteiger partial charge is 0.496 e. The predicted molar refractivity (Wildman–Crippen MR) is 88.4 cm³/mol. The molecular weight excluding hydrogens is 292 g/mol. The summed E-state index contributed by atoms with van der Waals surface area (Å²) in [5.41, 5.74) is 2.83. The summed E-state index contributed by atoms with van der Waals surface area (Å²) in [5.74, 6) is 1.15. The summed E-state index contributed by atoms with van der Waals surface area (Å²) in [5, 5.41) is 0. The van der Waals surface area contributed by atoms with Crippen LogP contribution in [0, 0.1) is 0 Å². The zero-order chi connectivity index (χ0) is 16.2. The Bertz CT molecular complexity index is 734. The zero-order valence-corrected chi connectivity index (χ0v) is 13.1. The highest BCUT2D eigenvalue weighted by Gasteiger charge is 2.28. The molecule has 2 aromatic rings. The van der Waals surface area contributed by atoms with Gasteiger partial charge < -0.3 is 14.2 Å². The molecule has 0 N–H and O–H groups in total. The number of ether oxygens (including phenoxy) is 3. The van der Waals surface area contributed by atoms with Crippen LogP contribution in [0.3, 0.4) is 0 Å². The Morgan fingerprint density at radius 2 is 1.87 bits per heavy atom. The van der Waals surface area contributed by atoms with Gasteiger partial charge in [0, 0.05) is 5.57 Å². The summed E-state index contributed by atoms with van der Waals surface area (Å²) in [6.45, 7) is 0. The first-order valence-electron chi connectivity index (χ1n) is 7.40. The second-order valence-electron chi connectivity index (χ2n) is 5.22. The molecule has 3 rings (SSSR count). The van der Waals surface area contributed by atoms with Crippen molar-refractivity contribution >= 4 is 17.6 Å². The first-order valence-corrected chi connectivity index (χ1v) is 7.40. The molecule has 0 aromatic heterocycles. The minimum atomic E-state index is -0.385. The zero-order valence-electron chi connectivity index (χ0n) is 13.1. The Morgan fingerprint density at radius 1 is 1.09 bits per heavy atom. The van der Waals surface area contributed by atoms with Crippen LogP contribution in [0.4, 0.5) is 0 Å². The normalized spacial score (nSPS) is 15.9. The van der Waals surface area contributed by atoms with Crippen molar-refractivity contribution in [3.05, 3.63) is 59.7 Å². The van der Waals surface area contributed by atoms with E-state index in [1.807, 2.05) is 54.6 Å². The van der Waals surface area contributed by atoms with E-state index in [0.717, 1.165) is 22.4 Å². The molecular formula is C19H18O4. The molecule has 1 unspecified atom stereocenters. The lowest BCUT2D eigenvalue weighted by atomic mass is 9.93. The van der Waals surface area contributed by atoms with Gasteiger partial charge in [-0.15, -0.1) is 0 Å². The first kappa shape index (κ1) is 15.2. The van der Waals surface area contributed by atoms with Crippen LogP contribution in [0.5, 0.6) is 11.5 Å². The molecule has 0 amide bonds. The molecule has 0 fully saturated rings. The number of carbonyl (C=O) groups excluding carboxylic acids is 1. The summed E-state index contributed by atoms with van der Waals surface area (Å²) < 4.78 is 16.3. The number of rotatable bonds is 4. The fourth-order valence-corrected chi connectivity index (χ4v) is 2.70. The van der Waals surface area contributed by atoms with Gasteiger partial charge in [-0.25, -0.2) is 0 Å². The molecule has 0 aliphatic carbocycles. The Balaban J connectivity index is 2.08. The number of hydrogen-bond donors (Lipinski definition) is 0. The van der Waals surface area contributed by atoms with Gasteiger partial charge in [0.1, 0.15) is 17.6 Å². The second-order valence-corrected chi connectivity index (χ2v) is 5.22. The molecule has 118 valence electrons. The molecule has 0 saturated heterocycles. The molecule has 23 heavy (non-hydrogen) atoms. The number of benzene rings is 2. The quantitative estimate of drug-likeness (QED) is 0.810. The van der Waals surface area contributed by atoms with E-state index in [4.69, 9.17) is 14.2 Å². The van der Waals surface area contributed by atoms with Crippen LogP contribution in [-0.4, -0.2) is 26.3 Å². The van der Waals surface area contributed by atoms with Gasteiger partial charge in [-0.1, -0.05) is 36.4 Å². The van der Waals surface area contributed by atoms with Gasteiger partial charge in [-0.05, 0) is 23.8 Å². The molecule has 4 nitrogen and oxygen atoms in total. The van der Waals surface area contributed by atoms with Crippen molar-refractivity contribution in [2.75, 3.05) is 14.2 Å². The van der Waals surface area contributed by atoms with Crippen LogP contribution in [0.2, 0.25) is 0 Å². The van der Waals surface area contributed by atoms with E-state index in [2.05, 4.69) is 0 Å².